The zero-order valence-electron chi connectivity index (χ0n) is 10.0. The van der Waals surface area contributed by atoms with Gasteiger partial charge in [-0.2, -0.15) is 0 Å². The average molecular weight is 310 g/mol. The Labute approximate surface area is 112 Å². The van der Waals surface area contributed by atoms with Crippen LogP contribution < -0.4 is 0 Å². The fourth-order valence-corrected chi connectivity index (χ4v) is 2.09. The van der Waals surface area contributed by atoms with E-state index in [1.807, 2.05) is 19.1 Å². The lowest BCUT2D eigenvalue weighted by Crippen LogP contribution is -2.17. The number of ketones is 1. The molecule has 0 aliphatic carbocycles. The number of H-pyrrole nitrogens is 1. The molecule has 0 fully saturated rings. The molecular weight excluding hydrogens is 298 g/mol. The minimum absolute atomic E-state index is 0.192. The van der Waals surface area contributed by atoms with Gasteiger partial charge in [-0.05, 0) is 31.5 Å². The molecule has 0 aliphatic heterocycles. The third-order valence-electron chi connectivity index (χ3n) is 2.67. The number of aromatic amines is 1. The van der Waals surface area contributed by atoms with Gasteiger partial charge >= 0.3 is 5.97 Å². The summed E-state index contributed by atoms with van der Waals surface area (Å²) >= 11 is 3.42. The van der Waals surface area contributed by atoms with Gasteiger partial charge < -0.3 is 9.72 Å². The van der Waals surface area contributed by atoms with Crippen molar-refractivity contribution >= 4 is 38.6 Å². The van der Waals surface area contributed by atoms with E-state index in [-0.39, 0.29) is 6.61 Å². The average Bonchev–Trinajstić information content (AvgIpc) is 2.72. The summed E-state index contributed by atoms with van der Waals surface area (Å²) in [6.07, 6.45) is 1.54. The van der Waals surface area contributed by atoms with E-state index in [0.717, 1.165) is 20.9 Å². The van der Waals surface area contributed by atoms with E-state index >= 15 is 0 Å². The summed E-state index contributed by atoms with van der Waals surface area (Å²) in [5, 5.41) is 0.730. The second-order valence-electron chi connectivity index (χ2n) is 3.90. The van der Waals surface area contributed by atoms with E-state index in [0.29, 0.717) is 5.56 Å². The van der Waals surface area contributed by atoms with Gasteiger partial charge in [-0.15, -0.1) is 0 Å². The highest BCUT2D eigenvalue weighted by Gasteiger charge is 2.21. The van der Waals surface area contributed by atoms with Crippen LogP contribution in [-0.4, -0.2) is 23.3 Å². The second-order valence-corrected chi connectivity index (χ2v) is 4.75. The number of aryl methyl sites for hydroxylation is 1. The van der Waals surface area contributed by atoms with Crippen molar-refractivity contribution in [3.8, 4) is 0 Å². The number of hydrogen-bond acceptors (Lipinski definition) is 3. The van der Waals surface area contributed by atoms with Crippen LogP contribution in [0.3, 0.4) is 0 Å². The van der Waals surface area contributed by atoms with Crippen LogP contribution >= 0.6 is 15.9 Å². The van der Waals surface area contributed by atoms with Crippen LogP contribution in [0.5, 0.6) is 0 Å². The Kier molecular flexibility index (Phi) is 3.52. The van der Waals surface area contributed by atoms with Crippen LogP contribution in [0.1, 0.15) is 22.8 Å². The quantitative estimate of drug-likeness (QED) is 0.538. The normalized spacial score (nSPS) is 10.6. The fourth-order valence-electron chi connectivity index (χ4n) is 1.75. The molecule has 0 atom stereocenters. The molecule has 0 bridgehead atoms. The molecule has 2 aromatic rings. The predicted octanol–water partition coefficient (Wildman–Crippen LogP) is 2.98. The molecular formula is C13H12BrNO3. The van der Waals surface area contributed by atoms with Gasteiger partial charge in [-0.1, -0.05) is 15.9 Å². The molecule has 1 heterocycles. The summed E-state index contributed by atoms with van der Waals surface area (Å²) in [7, 11) is 0. The number of esters is 1. The third kappa shape index (κ3) is 2.18. The molecule has 0 amide bonds. The first kappa shape index (κ1) is 12.8. The number of aromatic nitrogens is 1. The number of halogens is 1. The Morgan fingerprint density at radius 3 is 2.78 bits per heavy atom. The van der Waals surface area contributed by atoms with Gasteiger partial charge in [-0.25, -0.2) is 4.79 Å². The lowest BCUT2D eigenvalue weighted by molar-refractivity contribution is -0.137. The summed E-state index contributed by atoms with van der Waals surface area (Å²) in [4.78, 5) is 26.3. The molecule has 2 rings (SSSR count). The fraction of sp³-hybridized carbons (Fsp3) is 0.231. The lowest BCUT2D eigenvalue weighted by Gasteiger charge is -2.01. The largest absolute Gasteiger partial charge is 0.460 e. The molecule has 5 heteroatoms. The van der Waals surface area contributed by atoms with Crippen molar-refractivity contribution in [1.29, 1.82) is 0 Å². The van der Waals surface area contributed by atoms with E-state index in [1.165, 1.54) is 6.20 Å². The molecule has 0 aliphatic rings. The number of ether oxygens (including phenoxy) is 1. The van der Waals surface area contributed by atoms with E-state index in [9.17, 15) is 9.59 Å². The topological polar surface area (TPSA) is 59.2 Å². The SMILES string of the molecule is CCOC(=O)C(=O)c1c[nH]c2cc(Br)c(C)cc12. The molecule has 0 spiro atoms. The highest BCUT2D eigenvalue weighted by Crippen LogP contribution is 2.26. The molecule has 1 aromatic heterocycles. The van der Waals surface area contributed by atoms with Crippen LogP contribution in [-0.2, 0) is 9.53 Å². The van der Waals surface area contributed by atoms with Crippen molar-refractivity contribution in [2.45, 2.75) is 13.8 Å². The maximum absolute atomic E-state index is 11.9. The molecule has 94 valence electrons. The first-order chi connectivity index (χ1) is 8.54. The van der Waals surface area contributed by atoms with E-state index in [1.54, 1.807) is 6.92 Å². The maximum atomic E-state index is 11.9. The van der Waals surface area contributed by atoms with Gasteiger partial charge in [-0.3, -0.25) is 4.79 Å². The van der Waals surface area contributed by atoms with Gasteiger partial charge in [0.15, 0.2) is 0 Å². The van der Waals surface area contributed by atoms with Crippen LogP contribution in [0.2, 0.25) is 0 Å². The zero-order chi connectivity index (χ0) is 13.3. The van der Waals surface area contributed by atoms with Crippen molar-refractivity contribution in [2.75, 3.05) is 6.61 Å². The maximum Gasteiger partial charge on any atom is 0.379 e. The molecule has 18 heavy (non-hydrogen) atoms. The number of carbonyl (C=O) groups is 2. The van der Waals surface area contributed by atoms with E-state index < -0.39 is 11.8 Å². The number of fused-ring (bicyclic) bond motifs is 1. The standard InChI is InChI=1S/C13H12BrNO3/c1-3-18-13(17)12(16)9-6-15-11-5-10(14)7(2)4-8(9)11/h4-6,15H,3H2,1-2H3. The molecule has 1 aromatic carbocycles. The number of rotatable bonds is 3. The van der Waals surface area contributed by atoms with Crippen molar-refractivity contribution in [2.24, 2.45) is 0 Å². The van der Waals surface area contributed by atoms with Crippen molar-refractivity contribution in [3.63, 3.8) is 0 Å². The highest BCUT2D eigenvalue weighted by atomic mass is 79.9. The van der Waals surface area contributed by atoms with Crippen molar-refractivity contribution in [3.05, 3.63) is 33.9 Å². The third-order valence-corrected chi connectivity index (χ3v) is 3.52. The number of carbonyl (C=O) groups excluding carboxylic acids is 2. The van der Waals surface area contributed by atoms with Crippen LogP contribution in [0.4, 0.5) is 0 Å². The molecule has 0 saturated carbocycles. The Hall–Kier alpha value is -1.62. The lowest BCUT2D eigenvalue weighted by atomic mass is 10.1. The number of benzene rings is 1. The Balaban J connectivity index is 2.49. The number of nitrogens with one attached hydrogen (secondary N) is 1. The monoisotopic (exact) mass is 309 g/mol. The van der Waals surface area contributed by atoms with Gasteiger partial charge in [0.1, 0.15) is 0 Å². The molecule has 0 radical (unpaired) electrons. The van der Waals surface area contributed by atoms with Crippen LogP contribution in [0, 0.1) is 6.92 Å². The minimum atomic E-state index is -0.820. The van der Waals surface area contributed by atoms with Gasteiger partial charge in [0.2, 0.25) is 0 Å². The summed E-state index contributed by atoms with van der Waals surface area (Å²) in [5.41, 5.74) is 2.15. The zero-order valence-corrected chi connectivity index (χ0v) is 11.6. The van der Waals surface area contributed by atoms with E-state index in [2.05, 4.69) is 20.9 Å². The molecule has 0 saturated heterocycles. The van der Waals surface area contributed by atoms with Crippen molar-refractivity contribution in [1.82, 2.24) is 4.98 Å². The molecule has 4 nitrogen and oxygen atoms in total. The van der Waals surface area contributed by atoms with Crippen LogP contribution in [0.15, 0.2) is 22.8 Å². The Bertz CT molecular complexity index is 630. The van der Waals surface area contributed by atoms with Gasteiger partial charge in [0, 0.05) is 21.6 Å². The summed E-state index contributed by atoms with van der Waals surface area (Å²) in [5.74, 6) is -1.44. The first-order valence-corrected chi connectivity index (χ1v) is 6.32. The second kappa shape index (κ2) is 4.94. The van der Waals surface area contributed by atoms with Gasteiger partial charge in [0.05, 0.1) is 12.2 Å². The minimum Gasteiger partial charge on any atom is -0.460 e. The first-order valence-electron chi connectivity index (χ1n) is 5.53. The molecule has 0 unspecified atom stereocenters. The number of Topliss-reactive ketones (excluding diaryl/α,β-unsaturated/α-hetero) is 1. The summed E-state index contributed by atoms with van der Waals surface area (Å²) in [6, 6.07) is 3.75. The summed E-state index contributed by atoms with van der Waals surface area (Å²) < 4.78 is 5.67. The smallest absolute Gasteiger partial charge is 0.379 e. The number of hydrogen-bond donors (Lipinski definition) is 1. The van der Waals surface area contributed by atoms with Gasteiger partial charge in [0.25, 0.3) is 5.78 Å². The highest BCUT2D eigenvalue weighted by molar-refractivity contribution is 9.10. The Morgan fingerprint density at radius 1 is 1.39 bits per heavy atom. The summed E-state index contributed by atoms with van der Waals surface area (Å²) in [6.45, 7) is 3.79. The Morgan fingerprint density at radius 2 is 2.11 bits per heavy atom. The molecule has 1 N–H and O–H groups in total. The predicted molar refractivity (Wildman–Crippen MR) is 71.7 cm³/mol. The van der Waals surface area contributed by atoms with E-state index in [4.69, 9.17) is 4.74 Å². The van der Waals surface area contributed by atoms with Crippen LogP contribution in [0.25, 0.3) is 10.9 Å². The van der Waals surface area contributed by atoms with Crippen molar-refractivity contribution < 1.29 is 14.3 Å².